The third kappa shape index (κ3) is 8.77. The van der Waals surface area contributed by atoms with Gasteiger partial charge >= 0.3 is 12.5 Å². The van der Waals surface area contributed by atoms with Crippen LogP contribution in [0.25, 0.3) is 22.4 Å². The summed E-state index contributed by atoms with van der Waals surface area (Å²) in [5, 5.41) is 2.65. The number of carbonyl (C=O) groups is 1. The summed E-state index contributed by atoms with van der Waals surface area (Å²) in [4.78, 5) is 29.3. The number of aryl methyl sites for hydroxylation is 1. The van der Waals surface area contributed by atoms with Crippen LogP contribution in [0.5, 0.6) is 11.5 Å². The van der Waals surface area contributed by atoms with E-state index >= 15 is 0 Å². The highest BCUT2D eigenvalue weighted by Gasteiger charge is 2.31. The second-order valence-corrected chi connectivity index (χ2v) is 9.81. The summed E-state index contributed by atoms with van der Waals surface area (Å²) in [5.41, 5.74) is 1.40. The van der Waals surface area contributed by atoms with Crippen molar-refractivity contribution in [3.63, 3.8) is 0 Å². The number of amides is 1. The molecular formula is C30H23ClF6N2O4. The predicted octanol–water partition coefficient (Wildman–Crippen LogP) is 8.54. The van der Waals surface area contributed by atoms with Gasteiger partial charge in [-0.05, 0) is 67.4 Å². The van der Waals surface area contributed by atoms with Crippen molar-refractivity contribution in [2.75, 3.05) is 11.9 Å². The van der Waals surface area contributed by atoms with Crippen LogP contribution in [0, 0.1) is 6.92 Å². The van der Waals surface area contributed by atoms with Crippen molar-refractivity contribution in [3.8, 4) is 33.9 Å². The molecule has 4 aromatic rings. The molecule has 2 N–H and O–H groups in total. The molecule has 0 radical (unpaired) electrons. The van der Waals surface area contributed by atoms with Gasteiger partial charge in [-0.1, -0.05) is 41.4 Å². The number of H-pyrrole nitrogens is 1. The molecule has 0 aliphatic rings. The van der Waals surface area contributed by atoms with Crippen LogP contribution in [-0.2, 0) is 0 Å². The van der Waals surface area contributed by atoms with E-state index in [9.17, 15) is 35.9 Å². The lowest BCUT2D eigenvalue weighted by atomic mass is 9.97. The van der Waals surface area contributed by atoms with Gasteiger partial charge in [0, 0.05) is 23.2 Å². The molecule has 0 saturated heterocycles. The second kappa shape index (κ2) is 12.8. The Bertz CT molecular complexity index is 1650. The highest BCUT2D eigenvalue weighted by molar-refractivity contribution is 6.33. The number of anilines is 1. The average molecular weight is 625 g/mol. The zero-order valence-corrected chi connectivity index (χ0v) is 23.1. The Morgan fingerprint density at radius 3 is 2.14 bits per heavy atom. The number of hydrogen-bond acceptors (Lipinski definition) is 4. The Labute approximate surface area is 246 Å². The van der Waals surface area contributed by atoms with Crippen LogP contribution in [0.2, 0.25) is 5.02 Å². The number of nitrogens with one attached hydrogen (secondary N) is 2. The molecule has 0 saturated carbocycles. The zero-order valence-electron chi connectivity index (χ0n) is 22.3. The Kier molecular flexibility index (Phi) is 9.39. The number of rotatable bonds is 9. The number of alkyl halides is 6. The fraction of sp³-hybridized carbons (Fsp3) is 0.200. The van der Waals surface area contributed by atoms with Crippen molar-refractivity contribution >= 4 is 23.2 Å². The lowest BCUT2D eigenvalue weighted by molar-refractivity contribution is -0.274. The first kappa shape index (κ1) is 31.5. The molecule has 3 aromatic carbocycles. The number of hydrogen-bond donors (Lipinski definition) is 2. The van der Waals surface area contributed by atoms with Gasteiger partial charge in [0.2, 0.25) is 0 Å². The minimum Gasteiger partial charge on any atom is -0.494 e. The van der Waals surface area contributed by atoms with Gasteiger partial charge in [0.1, 0.15) is 17.1 Å². The van der Waals surface area contributed by atoms with E-state index in [0.717, 1.165) is 17.7 Å². The molecular weight excluding hydrogens is 602 g/mol. The smallest absolute Gasteiger partial charge is 0.494 e. The average Bonchev–Trinajstić information content (AvgIpc) is 2.91. The van der Waals surface area contributed by atoms with Crippen LogP contribution in [-0.4, -0.2) is 30.0 Å². The van der Waals surface area contributed by atoms with E-state index in [4.69, 9.17) is 16.3 Å². The van der Waals surface area contributed by atoms with Crippen LogP contribution in [0.3, 0.4) is 0 Å². The fourth-order valence-electron chi connectivity index (χ4n) is 4.09. The maximum atomic E-state index is 13.3. The van der Waals surface area contributed by atoms with Crippen molar-refractivity contribution in [1.29, 1.82) is 0 Å². The molecule has 4 rings (SSSR count). The summed E-state index contributed by atoms with van der Waals surface area (Å²) in [5.74, 6) is -1.07. The van der Waals surface area contributed by atoms with E-state index in [1.54, 1.807) is 30.3 Å². The Hall–Kier alpha value is -4.45. The van der Waals surface area contributed by atoms with Gasteiger partial charge in [0.15, 0.2) is 0 Å². The van der Waals surface area contributed by atoms with Crippen LogP contribution in [0.1, 0.15) is 28.8 Å². The third-order valence-electron chi connectivity index (χ3n) is 6.07. The van der Waals surface area contributed by atoms with Crippen molar-refractivity contribution < 1.29 is 40.6 Å². The molecule has 13 heteroatoms. The zero-order chi connectivity index (χ0) is 31.4. The van der Waals surface area contributed by atoms with E-state index in [-0.39, 0.29) is 46.3 Å². The van der Waals surface area contributed by atoms with Gasteiger partial charge in [0.25, 0.3) is 11.5 Å². The van der Waals surface area contributed by atoms with Crippen molar-refractivity contribution in [3.05, 3.63) is 99.3 Å². The van der Waals surface area contributed by atoms with E-state index in [0.29, 0.717) is 11.1 Å². The Morgan fingerprint density at radius 2 is 1.53 bits per heavy atom. The summed E-state index contributed by atoms with van der Waals surface area (Å²) in [6.45, 7) is 1.69. The maximum Gasteiger partial charge on any atom is 0.573 e. The van der Waals surface area contributed by atoms with E-state index < -0.39 is 36.2 Å². The largest absolute Gasteiger partial charge is 0.573 e. The van der Waals surface area contributed by atoms with Crippen molar-refractivity contribution in [2.24, 2.45) is 0 Å². The van der Waals surface area contributed by atoms with Crippen molar-refractivity contribution in [2.45, 2.75) is 32.3 Å². The molecule has 0 aliphatic heterocycles. The number of halogens is 7. The first-order valence-corrected chi connectivity index (χ1v) is 13.1. The highest BCUT2D eigenvalue weighted by atomic mass is 35.5. The fourth-order valence-corrected chi connectivity index (χ4v) is 4.36. The van der Waals surface area contributed by atoms with Crippen LogP contribution < -0.4 is 20.3 Å². The SMILES string of the molecule is Cc1ccc(-c2cc(-c3ccc(OCCCC(F)(F)F)cc3Cl)[nH]c(=O)c2C(=O)Nc2ccc(OC(F)(F)F)cc2)cc1. The Balaban J connectivity index is 1.64. The van der Waals surface area contributed by atoms with E-state index in [1.165, 1.54) is 30.3 Å². The van der Waals surface area contributed by atoms with Gasteiger partial charge in [-0.2, -0.15) is 13.2 Å². The van der Waals surface area contributed by atoms with Crippen LogP contribution >= 0.6 is 11.6 Å². The minimum atomic E-state index is -4.88. The van der Waals surface area contributed by atoms with Gasteiger partial charge in [0.05, 0.1) is 17.3 Å². The Morgan fingerprint density at radius 1 is 0.884 bits per heavy atom. The summed E-state index contributed by atoms with van der Waals surface area (Å²) < 4.78 is 83.7. The first-order chi connectivity index (χ1) is 20.2. The summed E-state index contributed by atoms with van der Waals surface area (Å²) >= 11 is 6.44. The molecule has 0 fully saturated rings. The quantitative estimate of drug-likeness (QED) is 0.144. The predicted molar refractivity (Wildman–Crippen MR) is 150 cm³/mol. The molecule has 0 unspecified atom stereocenters. The van der Waals surface area contributed by atoms with E-state index in [1.807, 2.05) is 6.92 Å². The normalized spacial score (nSPS) is 11.7. The van der Waals surface area contributed by atoms with E-state index in [2.05, 4.69) is 15.0 Å². The molecule has 43 heavy (non-hydrogen) atoms. The molecule has 1 aromatic heterocycles. The molecule has 0 bridgehead atoms. The molecule has 226 valence electrons. The molecule has 6 nitrogen and oxygen atoms in total. The molecule has 0 aliphatic carbocycles. The highest BCUT2D eigenvalue weighted by Crippen LogP contribution is 2.33. The number of aromatic amines is 1. The lowest BCUT2D eigenvalue weighted by Gasteiger charge is -2.14. The van der Waals surface area contributed by atoms with Gasteiger partial charge in [-0.3, -0.25) is 9.59 Å². The minimum absolute atomic E-state index is 0.117. The summed E-state index contributed by atoms with van der Waals surface area (Å²) in [6, 6.07) is 17.4. The van der Waals surface area contributed by atoms with Gasteiger partial charge in [-0.25, -0.2) is 0 Å². The monoisotopic (exact) mass is 624 g/mol. The number of pyridine rings is 1. The topological polar surface area (TPSA) is 80.4 Å². The molecule has 1 amide bonds. The summed E-state index contributed by atoms with van der Waals surface area (Å²) in [6.07, 6.45) is -10.4. The first-order valence-electron chi connectivity index (χ1n) is 12.7. The number of benzene rings is 3. The number of aromatic nitrogens is 1. The van der Waals surface area contributed by atoms with Crippen LogP contribution in [0.4, 0.5) is 32.0 Å². The van der Waals surface area contributed by atoms with Gasteiger partial charge in [-0.15, -0.1) is 13.2 Å². The second-order valence-electron chi connectivity index (χ2n) is 9.40. The number of carbonyl (C=O) groups excluding carboxylic acids is 1. The van der Waals surface area contributed by atoms with Crippen LogP contribution in [0.15, 0.2) is 77.6 Å². The summed E-state index contributed by atoms with van der Waals surface area (Å²) in [7, 11) is 0. The number of ether oxygens (including phenoxy) is 2. The molecule has 0 atom stereocenters. The maximum absolute atomic E-state index is 13.3. The standard InChI is InChI=1S/C30H23ClF6N2O4/c1-17-3-5-18(6-4-17)23-16-25(22-12-11-21(15-24(22)31)42-14-2-13-29(32,33)34)39-28(41)26(23)27(40)38-19-7-9-20(10-8-19)43-30(35,36)37/h3-12,15-16H,2,13-14H2,1H3,(H,38,40)(H,39,41). The third-order valence-corrected chi connectivity index (χ3v) is 6.39. The molecule has 0 spiro atoms. The molecule has 1 heterocycles. The van der Waals surface area contributed by atoms with Crippen molar-refractivity contribution in [1.82, 2.24) is 4.98 Å². The van der Waals surface area contributed by atoms with Gasteiger partial charge < -0.3 is 19.8 Å². The lowest BCUT2D eigenvalue weighted by Crippen LogP contribution is -2.25.